The Morgan fingerprint density at radius 2 is 2.12 bits per heavy atom. The molecule has 0 bridgehead atoms. The number of hydrogen-bond acceptors (Lipinski definition) is 2. The molecule has 0 radical (unpaired) electrons. The van der Waals surface area contributed by atoms with E-state index >= 15 is 0 Å². The lowest BCUT2D eigenvalue weighted by Gasteiger charge is -2.33. The summed E-state index contributed by atoms with van der Waals surface area (Å²) in [6.07, 6.45) is 5.73. The SMILES string of the molecule is Cc1cc(NC2CCC(C)CC2C)cnc1Cl. The third kappa shape index (κ3) is 3.12. The Morgan fingerprint density at radius 3 is 2.76 bits per heavy atom. The number of halogens is 1. The zero-order valence-electron chi connectivity index (χ0n) is 10.8. The van der Waals surface area contributed by atoms with Gasteiger partial charge in [0.25, 0.3) is 0 Å². The lowest BCUT2D eigenvalue weighted by molar-refractivity contribution is 0.276. The third-order valence-electron chi connectivity index (χ3n) is 3.80. The fraction of sp³-hybridized carbons (Fsp3) is 0.643. The lowest BCUT2D eigenvalue weighted by Crippen LogP contribution is -2.33. The van der Waals surface area contributed by atoms with Crippen LogP contribution in [0.4, 0.5) is 5.69 Å². The van der Waals surface area contributed by atoms with Gasteiger partial charge >= 0.3 is 0 Å². The van der Waals surface area contributed by atoms with Gasteiger partial charge in [-0.05, 0) is 49.7 Å². The van der Waals surface area contributed by atoms with Crippen molar-refractivity contribution >= 4 is 17.3 Å². The van der Waals surface area contributed by atoms with E-state index in [-0.39, 0.29) is 0 Å². The van der Waals surface area contributed by atoms with Gasteiger partial charge in [0, 0.05) is 6.04 Å². The van der Waals surface area contributed by atoms with E-state index in [9.17, 15) is 0 Å². The van der Waals surface area contributed by atoms with Crippen LogP contribution in [0.1, 0.15) is 38.7 Å². The van der Waals surface area contributed by atoms with Crippen molar-refractivity contribution in [3.8, 4) is 0 Å². The number of nitrogens with one attached hydrogen (secondary N) is 1. The molecule has 94 valence electrons. The van der Waals surface area contributed by atoms with Gasteiger partial charge in [0.15, 0.2) is 0 Å². The Bertz CT molecular complexity index is 392. The van der Waals surface area contributed by atoms with Crippen LogP contribution < -0.4 is 5.32 Å². The predicted octanol–water partition coefficient (Wildman–Crippen LogP) is 4.28. The van der Waals surface area contributed by atoms with E-state index in [4.69, 9.17) is 11.6 Å². The summed E-state index contributed by atoms with van der Waals surface area (Å²) in [4.78, 5) is 4.19. The summed E-state index contributed by atoms with van der Waals surface area (Å²) in [5.74, 6) is 1.60. The smallest absolute Gasteiger partial charge is 0.132 e. The van der Waals surface area contributed by atoms with E-state index in [2.05, 4.69) is 30.2 Å². The topological polar surface area (TPSA) is 24.9 Å². The number of aryl methyl sites for hydroxylation is 1. The highest BCUT2D eigenvalue weighted by atomic mass is 35.5. The summed E-state index contributed by atoms with van der Waals surface area (Å²) in [6.45, 7) is 6.68. The van der Waals surface area contributed by atoms with Crippen LogP contribution in [-0.2, 0) is 0 Å². The fourth-order valence-electron chi connectivity index (χ4n) is 2.73. The van der Waals surface area contributed by atoms with Gasteiger partial charge in [-0.2, -0.15) is 0 Å². The van der Waals surface area contributed by atoms with Crippen molar-refractivity contribution in [3.05, 3.63) is 23.0 Å². The maximum Gasteiger partial charge on any atom is 0.132 e. The van der Waals surface area contributed by atoms with Crippen molar-refractivity contribution in [2.75, 3.05) is 5.32 Å². The van der Waals surface area contributed by atoms with Crippen molar-refractivity contribution in [2.45, 2.75) is 46.1 Å². The molecule has 17 heavy (non-hydrogen) atoms. The molecule has 1 N–H and O–H groups in total. The average Bonchev–Trinajstić information content (AvgIpc) is 2.27. The van der Waals surface area contributed by atoms with Gasteiger partial charge in [-0.1, -0.05) is 25.4 Å². The molecule has 1 heterocycles. The molecule has 0 saturated heterocycles. The van der Waals surface area contributed by atoms with Crippen LogP contribution in [0.25, 0.3) is 0 Å². The highest BCUT2D eigenvalue weighted by Crippen LogP contribution is 2.31. The lowest BCUT2D eigenvalue weighted by atomic mass is 9.80. The van der Waals surface area contributed by atoms with E-state index in [1.165, 1.54) is 19.3 Å². The number of anilines is 1. The summed E-state index contributed by atoms with van der Waals surface area (Å²) in [7, 11) is 0. The van der Waals surface area contributed by atoms with E-state index in [1.807, 2.05) is 13.1 Å². The van der Waals surface area contributed by atoms with Gasteiger partial charge in [0.05, 0.1) is 11.9 Å². The predicted molar refractivity (Wildman–Crippen MR) is 73.6 cm³/mol. The quantitative estimate of drug-likeness (QED) is 0.795. The Balaban J connectivity index is 2.02. The molecule has 0 aliphatic heterocycles. The van der Waals surface area contributed by atoms with E-state index in [0.29, 0.717) is 11.2 Å². The van der Waals surface area contributed by atoms with Crippen LogP contribution in [0.5, 0.6) is 0 Å². The molecule has 1 saturated carbocycles. The van der Waals surface area contributed by atoms with Crippen LogP contribution in [0.2, 0.25) is 5.15 Å². The maximum atomic E-state index is 5.93. The summed E-state index contributed by atoms with van der Waals surface area (Å²) in [5, 5.41) is 4.20. The van der Waals surface area contributed by atoms with Crippen molar-refractivity contribution in [1.82, 2.24) is 4.98 Å². The molecule has 1 aliphatic rings. The zero-order valence-corrected chi connectivity index (χ0v) is 11.6. The van der Waals surface area contributed by atoms with Gasteiger partial charge in [-0.15, -0.1) is 0 Å². The van der Waals surface area contributed by atoms with Crippen LogP contribution in [-0.4, -0.2) is 11.0 Å². The molecule has 3 unspecified atom stereocenters. The monoisotopic (exact) mass is 252 g/mol. The second-order valence-electron chi connectivity index (χ2n) is 5.48. The van der Waals surface area contributed by atoms with Crippen molar-refractivity contribution in [3.63, 3.8) is 0 Å². The molecule has 2 rings (SSSR count). The largest absolute Gasteiger partial charge is 0.381 e. The molecule has 0 amide bonds. The van der Waals surface area contributed by atoms with Gasteiger partial charge in [-0.25, -0.2) is 4.98 Å². The summed E-state index contributed by atoms with van der Waals surface area (Å²) < 4.78 is 0. The fourth-order valence-corrected chi connectivity index (χ4v) is 2.83. The van der Waals surface area contributed by atoms with E-state index < -0.39 is 0 Å². The molecule has 0 spiro atoms. The summed E-state index contributed by atoms with van der Waals surface area (Å²) >= 11 is 5.93. The van der Waals surface area contributed by atoms with Gasteiger partial charge < -0.3 is 5.32 Å². The van der Waals surface area contributed by atoms with Crippen LogP contribution in [0, 0.1) is 18.8 Å². The average molecular weight is 253 g/mol. The third-order valence-corrected chi connectivity index (χ3v) is 4.19. The Labute approximate surface area is 109 Å². The van der Waals surface area contributed by atoms with Gasteiger partial charge in [-0.3, -0.25) is 0 Å². The second kappa shape index (κ2) is 5.26. The standard InChI is InChI=1S/C14H21ClN2/c1-9-4-5-13(10(2)6-9)17-12-7-11(3)14(15)16-8-12/h7-10,13,17H,4-6H2,1-3H3. The van der Waals surface area contributed by atoms with E-state index in [1.54, 1.807) is 0 Å². The molecule has 3 atom stereocenters. The highest BCUT2D eigenvalue weighted by molar-refractivity contribution is 6.30. The first-order valence-corrected chi connectivity index (χ1v) is 6.82. The minimum absolute atomic E-state index is 0.577. The summed E-state index contributed by atoms with van der Waals surface area (Å²) in [6, 6.07) is 2.66. The number of rotatable bonds is 2. The molecular formula is C14H21ClN2. The van der Waals surface area contributed by atoms with Crippen molar-refractivity contribution in [2.24, 2.45) is 11.8 Å². The number of hydrogen-bond donors (Lipinski definition) is 1. The number of nitrogens with zero attached hydrogens (tertiary/aromatic N) is 1. The normalized spacial score (nSPS) is 29.1. The van der Waals surface area contributed by atoms with E-state index in [0.717, 1.165) is 23.1 Å². The molecule has 1 aromatic heterocycles. The molecule has 1 aromatic rings. The Kier molecular flexibility index (Phi) is 3.93. The molecule has 3 heteroatoms. The Hall–Kier alpha value is -0.760. The van der Waals surface area contributed by atoms with Gasteiger partial charge in [0.1, 0.15) is 5.15 Å². The number of pyridine rings is 1. The van der Waals surface area contributed by atoms with Crippen LogP contribution in [0.15, 0.2) is 12.3 Å². The summed E-state index contributed by atoms with van der Waals surface area (Å²) in [5.41, 5.74) is 2.13. The van der Waals surface area contributed by atoms with Crippen LogP contribution >= 0.6 is 11.6 Å². The van der Waals surface area contributed by atoms with Crippen molar-refractivity contribution < 1.29 is 0 Å². The van der Waals surface area contributed by atoms with Gasteiger partial charge in [0.2, 0.25) is 0 Å². The molecule has 1 aliphatic carbocycles. The highest BCUT2D eigenvalue weighted by Gasteiger charge is 2.25. The van der Waals surface area contributed by atoms with Crippen LogP contribution in [0.3, 0.4) is 0 Å². The first kappa shape index (κ1) is 12.7. The first-order chi connectivity index (χ1) is 8.06. The first-order valence-electron chi connectivity index (χ1n) is 6.45. The Morgan fingerprint density at radius 1 is 1.35 bits per heavy atom. The maximum absolute atomic E-state index is 5.93. The van der Waals surface area contributed by atoms with Crippen molar-refractivity contribution in [1.29, 1.82) is 0 Å². The second-order valence-corrected chi connectivity index (χ2v) is 5.84. The minimum atomic E-state index is 0.577. The molecular weight excluding hydrogens is 232 g/mol. The molecule has 1 fully saturated rings. The minimum Gasteiger partial charge on any atom is -0.381 e. The molecule has 0 aromatic carbocycles. The zero-order chi connectivity index (χ0) is 12.4. The number of aromatic nitrogens is 1. The molecule has 2 nitrogen and oxygen atoms in total.